The summed E-state index contributed by atoms with van der Waals surface area (Å²) in [6, 6.07) is 6.70. The topological polar surface area (TPSA) is 70.9 Å². The van der Waals surface area contributed by atoms with E-state index in [9.17, 15) is 0 Å². The fraction of sp³-hybridized carbons (Fsp3) is 0.650. The van der Waals surface area contributed by atoms with Gasteiger partial charge in [0.15, 0.2) is 17.5 Å². The summed E-state index contributed by atoms with van der Waals surface area (Å²) in [7, 11) is 2.20. The maximum atomic E-state index is 4.98. The Morgan fingerprint density at radius 3 is 2.85 bits per heavy atom. The summed E-state index contributed by atoms with van der Waals surface area (Å²) >= 11 is 0. The van der Waals surface area contributed by atoms with Crippen LogP contribution in [0.5, 0.6) is 0 Å². The van der Waals surface area contributed by atoms with Gasteiger partial charge in [-0.1, -0.05) is 19.9 Å². The van der Waals surface area contributed by atoms with Gasteiger partial charge in [-0.15, -0.1) is 5.10 Å². The van der Waals surface area contributed by atoms with Crippen molar-refractivity contribution >= 4 is 0 Å². The molecule has 146 valence electrons. The third-order valence-corrected chi connectivity index (χ3v) is 5.70. The molecule has 0 aliphatic carbocycles. The molecule has 2 saturated heterocycles. The van der Waals surface area contributed by atoms with E-state index in [2.05, 4.69) is 36.6 Å². The molecule has 2 aliphatic rings. The zero-order valence-electron chi connectivity index (χ0n) is 16.8. The van der Waals surface area contributed by atoms with Crippen molar-refractivity contribution in [2.45, 2.75) is 52.1 Å². The first-order chi connectivity index (χ1) is 13.0. The van der Waals surface area contributed by atoms with Crippen molar-refractivity contribution in [2.24, 2.45) is 11.8 Å². The molecule has 2 aliphatic heterocycles. The van der Waals surface area contributed by atoms with E-state index in [0.717, 1.165) is 55.5 Å². The van der Waals surface area contributed by atoms with Crippen molar-refractivity contribution in [3.63, 3.8) is 0 Å². The number of rotatable bonds is 5. The second-order valence-electron chi connectivity index (χ2n) is 8.46. The van der Waals surface area contributed by atoms with Gasteiger partial charge >= 0.3 is 0 Å². The van der Waals surface area contributed by atoms with Crippen molar-refractivity contribution in [1.82, 2.24) is 35.5 Å². The molecule has 2 aromatic rings. The van der Waals surface area contributed by atoms with Gasteiger partial charge in [0.1, 0.15) is 0 Å². The lowest BCUT2D eigenvalue weighted by atomic mass is 9.88. The largest absolute Gasteiger partial charge is 0.306 e. The van der Waals surface area contributed by atoms with Crippen LogP contribution in [0.1, 0.15) is 50.1 Å². The van der Waals surface area contributed by atoms with Crippen LogP contribution in [-0.2, 0) is 6.42 Å². The summed E-state index contributed by atoms with van der Waals surface area (Å²) in [5, 5.41) is 4.86. The fourth-order valence-corrected chi connectivity index (χ4v) is 4.14. The Kier molecular flexibility index (Phi) is 5.25. The number of nitrogens with one attached hydrogen (secondary N) is 2. The molecule has 4 rings (SSSR count). The van der Waals surface area contributed by atoms with Crippen LogP contribution >= 0.6 is 0 Å². The predicted octanol–water partition coefficient (Wildman–Crippen LogP) is 2.03. The first kappa shape index (κ1) is 18.5. The fourth-order valence-electron chi connectivity index (χ4n) is 4.14. The van der Waals surface area contributed by atoms with Crippen LogP contribution in [-0.4, -0.2) is 50.8 Å². The van der Waals surface area contributed by atoms with E-state index >= 15 is 0 Å². The molecule has 0 saturated carbocycles. The minimum atomic E-state index is 0.139. The molecular formula is C20H31N7. The first-order valence-corrected chi connectivity index (χ1v) is 10.1. The number of hydrogen-bond acceptors (Lipinski definition) is 6. The minimum Gasteiger partial charge on any atom is -0.306 e. The smallest absolute Gasteiger partial charge is 0.155 e. The molecular weight excluding hydrogens is 338 g/mol. The number of nitrogens with zero attached hydrogens (tertiary/aromatic N) is 5. The van der Waals surface area contributed by atoms with Crippen LogP contribution in [0.4, 0.5) is 0 Å². The van der Waals surface area contributed by atoms with Gasteiger partial charge in [0.2, 0.25) is 0 Å². The number of likely N-dealkylation sites (tertiary alicyclic amines) is 1. The van der Waals surface area contributed by atoms with E-state index in [4.69, 9.17) is 15.1 Å². The zero-order chi connectivity index (χ0) is 19.0. The lowest BCUT2D eigenvalue weighted by Crippen LogP contribution is -2.43. The molecule has 2 aromatic heterocycles. The number of hydrazine groups is 1. The highest BCUT2D eigenvalue weighted by atomic mass is 15.5. The highest BCUT2D eigenvalue weighted by Gasteiger charge is 2.42. The summed E-state index contributed by atoms with van der Waals surface area (Å²) in [6.45, 7) is 8.69. The lowest BCUT2D eigenvalue weighted by Gasteiger charge is -2.33. The lowest BCUT2D eigenvalue weighted by molar-refractivity contribution is 0.183. The second kappa shape index (κ2) is 7.66. The van der Waals surface area contributed by atoms with Crippen molar-refractivity contribution in [3.05, 3.63) is 35.5 Å². The Hall–Kier alpha value is -1.83. The molecule has 2 fully saturated rings. The summed E-state index contributed by atoms with van der Waals surface area (Å²) in [5.41, 5.74) is 8.00. The number of piperidine rings is 1. The quantitative estimate of drug-likeness (QED) is 0.840. The molecule has 7 nitrogen and oxygen atoms in total. The van der Waals surface area contributed by atoms with E-state index in [1.54, 1.807) is 0 Å². The maximum absolute atomic E-state index is 4.98. The molecule has 4 heterocycles. The second-order valence-corrected chi connectivity index (χ2v) is 8.46. The SMILES string of the molecule is Cc1cccc(-n2nc(CCC(C)C)nc2C2NNC3CCN(C)CC32)n1. The van der Waals surface area contributed by atoms with Gasteiger partial charge < -0.3 is 4.90 Å². The van der Waals surface area contributed by atoms with Crippen molar-refractivity contribution in [3.8, 4) is 5.82 Å². The monoisotopic (exact) mass is 369 g/mol. The van der Waals surface area contributed by atoms with Gasteiger partial charge in [-0.05, 0) is 51.4 Å². The Labute approximate surface area is 161 Å². The summed E-state index contributed by atoms with van der Waals surface area (Å²) < 4.78 is 1.96. The van der Waals surface area contributed by atoms with E-state index < -0.39 is 0 Å². The van der Waals surface area contributed by atoms with Crippen molar-refractivity contribution < 1.29 is 0 Å². The van der Waals surface area contributed by atoms with Gasteiger partial charge in [0.05, 0.1) is 6.04 Å². The van der Waals surface area contributed by atoms with E-state index in [1.165, 1.54) is 0 Å². The Bertz CT molecular complexity index is 784. The van der Waals surface area contributed by atoms with E-state index in [0.29, 0.717) is 17.9 Å². The molecule has 2 N–H and O–H groups in total. The van der Waals surface area contributed by atoms with Crippen LogP contribution in [0.3, 0.4) is 0 Å². The average molecular weight is 370 g/mol. The van der Waals surface area contributed by atoms with Gasteiger partial charge in [-0.3, -0.25) is 5.43 Å². The van der Waals surface area contributed by atoms with E-state index in [-0.39, 0.29) is 6.04 Å². The number of aromatic nitrogens is 4. The molecule has 0 radical (unpaired) electrons. The first-order valence-electron chi connectivity index (χ1n) is 10.1. The molecule has 0 amide bonds. The Balaban J connectivity index is 1.69. The van der Waals surface area contributed by atoms with Crippen LogP contribution in [0.15, 0.2) is 18.2 Å². The number of pyridine rings is 1. The van der Waals surface area contributed by atoms with Gasteiger partial charge in [-0.25, -0.2) is 15.4 Å². The molecule has 27 heavy (non-hydrogen) atoms. The van der Waals surface area contributed by atoms with Crippen LogP contribution in [0.25, 0.3) is 5.82 Å². The molecule has 0 bridgehead atoms. The average Bonchev–Trinajstić information content (AvgIpc) is 3.23. The summed E-state index contributed by atoms with van der Waals surface area (Å²) in [4.78, 5) is 12.1. The van der Waals surface area contributed by atoms with Gasteiger partial charge in [0, 0.05) is 30.6 Å². The molecule has 0 aromatic carbocycles. The maximum Gasteiger partial charge on any atom is 0.155 e. The van der Waals surface area contributed by atoms with Gasteiger partial charge in [-0.2, -0.15) is 4.68 Å². The minimum absolute atomic E-state index is 0.139. The summed E-state index contributed by atoms with van der Waals surface area (Å²) in [5.74, 6) is 3.86. The van der Waals surface area contributed by atoms with Crippen LogP contribution in [0.2, 0.25) is 0 Å². The summed E-state index contributed by atoms with van der Waals surface area (Å²) in [6.07, 6.45) is 3.15. The van der Waals surface area contributed by atoms with Crippen molar-refractivity contribution in [1.29, 1.82) is 0 Å². The highest BCUT2D eigenvalue weighted by Crippen LogP contribution is 2.33. The third-order valence-electron chi connectivity index (χ3n) is 5.70. The predicted molar refractivity (Wildman–Crippen MR) is 105 cm³/mol. The van der Waals surface area contributed by atoms with Crippen molar-refractivity contribution in [2.75, 3.05) is 20.1 Å². The standard InChI is InChI=1S/C20H31N7/c1-13(2)8-9-17-22-20(27(25-17)18-7-5-6-14(3)21-18)19-15-12-26(4)11-10-16(15)23-24-19/h5-7,13,15-16,19,23-24H,8-12H2,1-4H3. The molecule has 3 atom stereocenters. The number of aryl methyl sites for hydroxylation is 2. The normalized spacial score (nSPS) is 25.9. The number of fused-ring (bicyclic) bond motifs is 1. The van der Waals surface area contributed by atoms with Gasteiger partial charge in [0.25, 0.3) is 0 Å². The van der Waals surface area contributed by atoms with Crippen LogP contribution in [0, 0.1) is 18.8 Å². The number of hydrogen-bond donors (Lipinski definition) is 2. The molecule has 3 unspecified atom stereocenters. The van der Waals surface area contributed by atoms with E-state index in [1.807, 2.05) is 29.8 Å². The molecule has 0 spiro atoms. The molecule has 7 heteroatoms. The highest BCUT2D eigenvalue weighted by molar-refractivity contribution is 5.26. The van der Waals surface area contributed by atoms with Crippen LogP contribution < -0.4 is 10.9 Å². The third kappa shape index (κ3) is 3.90. The Morgan fingerprint density at radius 1 is 1.22 bits per heavy atom. The zero-order valence-corrected chi connectivity index (χ0v) is 16.8. The Morgan fingerprint density at radius 2 is 2.07 bits per heavy atom.